The highest BCUT2D eigenvalue weighted by Crippen LogP contribution is 2.18. The highest BCUT2D eigenvalue weighted by Gasteiger charge is 2.15. The average Bonchev–Trinajstić information content (AvgIpc) is 2.31. The van der Waals surface area contributed by atoms with Crippen LogP contribution in [0.5, 0.6) is 0 Å². The van der Waals surface area contributed by atoms with Gasteiger partial charge in [-0.15, -0.1) is 0 Å². The van der Waals surface area contributed by atoms with E-state index in [9.17, 15) is 4.39 Å². The molecule has 1 rings (SSSR count). The zero-order chi connectivity index (χ0) is 12.8. The van der Waals surface area contributed by atoms with Crippen LogP contribution in [0.1, 0.15) is 26.0 Å². The van der Waals surface area contributed by atoms with E-state index in [0.717, 1.165) is 0 Å². The van der Waals surface area contributed by atoms with Crippen LogP contribution in [0, 0.1) is 11.2 Å². The van der Waals surface area contributed by atoms with Gasteiger partial charge in [-0.2, -0.15) is 0 Å². The molecule has 0 amide bonds. The monoisotopic (exact) mass is 239 g/mol. The van der Waals surface area contributed by atoms with Crippen molar-refractivity contribution in [2.24, 2.45) is 5.73 Å². The molecule has 94 valence electrons. The molecular weight excluding hydrogens is 221 g/mol. The first kappa shape index (κ1) is 13.3. The molecule has 0 unspecified atom stereocenters. The number of nitrogens with two attached hydrogens (primary N) is 1. The first-order chi connectivity index (χ1) is 8.10. The summed E-state index contributed by atoms with van der Waals surface area (Å²) in [7, 11) is 0. The highest BCUT2D eigenvalue weighted by molar-refractivity contribution is 5.77. The molecule has 6 heteroatoms. The fourth-order valence-corrected chi connectivity index (χ4v) is 1.53. The lowest BCUT2D eigenvalue weighted by Crippen LogP contribution is -2.29. The van der Waals surface area contributed by atoms with Crippen molar-refractivity contribution in [2.45, 2.75) is 26.7 Å². The number of anilines is 1. The fraction of sp³-hybridized carbons (Fsp3) is 0.545. The number of halogens is 1. The van der Waals surface area contributed by atoms with Gasteiger partial charge in [0.15, 0.2) is 11.6 Å². The van der Waals surface area contributed by atoms with Crippen molar-refractivity contribution in [3.63, 3.8) is 0 Å². The van der Waals surface area contributed by atoms with Gasteiger partial charge in [0.25, 0.3) is 0 Å². The predicted molar refractivity (Wildman–Crippen MR) is 65.8 cm³/mol. The highest BCUT2D eigenvalue weighted by atomic mass is 19.1. The van der Waals surface area contributed by atoms with E-state index in [-0.39, 0.29) is 11.7 Å². The number of nitrogens with zero attached hydrogens (tertiary/aromatic N) is 3. The Labute approximate surface area is 100 Å². The van der Waals surface area contributed by atoms with Crippen molar-refractivity contribution in [3.05, 3.63) is 17.8 Å². The van der Waals surface area contributed by atoms with Gasteiger partial charge in [-0.1, -0.05) is 6.92 Å². The average molecular weight is 239 g/mol. The van der Waals surface area contributed by atoms with Crippen molar-refractivity contribution < 1.29 is 4.39 Å². The number of hydrogen-bond acceptors (Lipinski definition) is 4. The van der Waals surface area contributed by atoms with Gasteiger partial charge in [0.1, 0.15) is 6.33 Å². The predicted octanol–water partition coefficient (Wildman–Crippen LogP) is 1.33. The van der Waals surface area contributed by atoms with E-state index in [2.05, 4.69) is 9.97 Å². The summed E-state index contributed by atoms with van der Waals surface area (Å²) in [5, 5.41) is 7.18. The topological polar surface area (TPSA) is 78.9 Å². The van der Waals surface area contributed by atoms with E-state index in [1.165, 1.54) is 6.33 Å². The quantitative estimate of drug-likeness (QED) is 0.580. The zero-order valence-electron chi connectivity index (χ0n) is 10.2. The second-order valence-corrected chi connectivity index (χ2v) is 3.67. The van der Waals surface area contributed by atoms with Crippen molar-refractivity contribution in [1.82, 2.24) is 9.97 Å². The molecule has 1 heterocycles. The van der Waals surface area contributed by atoms with E-state index in [1.54, 1.807) is 4.90 Å². The summed E-state index contributed by atoms with van der Waals surface area (Å²) in [6.07, 6.45) is 2.30. The van der Waals surface area contributed by atoms with Gasteiger partial charge in [-0.3, -0.25) is 5.41 Å². The summed E-state index contributed by atoms with van der Waals surface area (Å²) in [5.74, 6) is 0.00892. The Kier molecular flexibility index (Phi) is 4.81. The molecule has 0 atom stereocenters. The lowest BCUT2D eigenvalue weighted by molar-refractivity contribution is 0.584. The maximum absolute atomic E-state index is 14.0. The van der Waals surface area contributed by atoms with Gasteiger partial charge in [0.05, 0.1) is 11.5 Å². The molecule has 0 aromatic carbocycles. The molecule has 0 bridgehead atoms. The molecule has 0 spiro atoms. The molecule has 1 aromatic rings. The van der Waals surface area contributed by atoms with Gasteiger partial charge in [-0.05, 0) is 13.3 Å². The van der Waals surface area contributed by atoms with Crippen molar-refractivity contribution in [2.75, 3.05) is 18.0 Å². The minimum Gasteiger partial charge on any atom is -0.388 e. The summed E-state index contributed by atoms with van der Waals surface area (Å²) in [6, 6.07) is 0. The number of rotatable bonds is 6. The summed E-state index contributed by atoms with van der Waals surface area (Å²) in [5.41, 5.74) is 5.71. The van der Waals surface area contributed by atoms with Gasteiger partial charge in [0.2, 0.25) is 0 Å². The fourth-order valence-electron chi connectivity index (χ4n) is 1.53. The third kappa shape index (κ3) is 3.37. The molecule has 1 aromatic heterocycles. The normalized spacial score (nSPS) is 10.3. The Morgan fingerprint density at radius 2 is 2.18 bits per heavy atom. The molecular formula is C11H18FN5. The maximum atomic E-state index is 14.0. The van der Waals surface area contributed by atoms with Crippen molar-refractivity contribution >= 4 is 11.7 Å². The first-order valence-electron chi connectivity index (χ1n) is 5.67. The van der Waals surface area contributed by atoms with E-state index < -0.39 is 0 Å². The molecule has 5 nitrogen and oxygen atoms in total. The van der Waals surface area contributed by atoms with Crippen LogP contribution in [-0.4, -0.2) is 28.9 Å². The summed E-state index contributed by atoms with van der Waals surface area (Å²) in [6.45, 7) is 4.86. The Morgan fingerprint density at radius 1 is 1.47 bits per heavy atom. The van der Waals surface area contributed by atoms with Crippen molar-refractivity contribution in [3.8, 4) is 0 Å². The van der Waals surface area contributed by atoms with Crippen LogP contribution in [0.2, 0.25) is 0 Å². The van der Waals surface area contributed by atoms with Crippen LogP contribution in [0.25, 0.3) is 0 Å². The summed E-state index contributed by atoms with van der Waals surface area (Å²) in [4.78, 5) is 9.62. The van der Waals surface area contributed by atoms with E-state index >= 15 is 0 Å². The molecule has 0 fully saturated rings. The minimum atomic E-state index is -0.375. The number of aromatic nitrogens is 2. The second-order valence-electron chi connectivity index (χ2n) is 3.67. The lowest BCUT2D eigenvalue weighted by Gasteiger charge is -2.22. The number of amidine groups is 1. The Hall–Kier alpha value is -1.72. The Morgan fingerprint density at radius 3 is 2.71 bits per heavy atom. The smallest absolute Gasteiger partial charge is 0.187 e. The van der Waals surface area contributed by atoms with E-state index in [0.29, 0.717) is 37.4 Å². The van der Waals surface area contributed by atoms with Gasteiger partial charge < -0.3 is 10.6 Å². The molecule has 0 radical (unpaired) electrons. The van der Waals surface area contributed by atoms with Gasteiger partial charge >= 0.3 is 0 Å². The zero-order valence-corrected chi connectivity index (χ0v) is 10.2. The SMILES string of the molecule is CCc1ncnc(N(CC)CCC(=N)N)c1F. The number of hydrogen-bond donors (Lipinski definition) is 2. The van der Waals surface area contributed by atoms with Crippen LogP contribution in [0.4, 0.5) is 10.2 Å². The number of nitrogens with one attached hydrogen (secondary N) is 1. The molecule has 0 aliphatic rings. The van der Waals surface area contributed by atoms with E-state index in [1.807, 2.05) is 13.8 Å². The van der Waals surface area contributed by atoms with Gasteiger partial charge in [0, 0.05) is 19.5 Å². The Bertz CT molecular complexity index is 393. The van der Waals surface area contributed by atoms with Crippen LogP contribution < -0.4 is 10.6 Å². The van der Waals surface area contributed by atoms with Crippen LogP contribution >= 0.6 is 0 Å². The minimum absolute atomic E-state index is 0.0913. The molecule has 0 aliphatic carbocycles. The summed E-state index contributed by atoms with van der Waals surface area (Å²) < 4.78 is 14.0. The number of aryl methyl sites for hydroxylation is 1. The standard InChI is InChI=1S/C11H18FN5/c1-3-8-10(12)11(16-7-15-8)17(4-2)6-5-9(13)14/h7H,3-6H2,1-2H3,(H3,13,14). The maximum Gasteiger partial charge on any atom is 0.187 e. The third-order valence-electron chi connectivity index (χ3n) is 2.51. The molecule has 0 saturated carbocycles. The van der Waals surface area contributed by atoms with Gasteiger partial charge in [-0.25, -0.2) is 14.4 Å². The third-order valence-corrected chi connectivity index (χ3v) is 2.51. The molecule has 0 saturated heterocycles. The van der Waals surface area contributed by atoms with Crippen LogP contribution in [0.15, 0.2) is 6.33 Å². The van der Waals surface area contributed by atoms with Crippen LogP contribution in [-0.2, 0) is 6.42 Å². The summed E-state index contributed by atoms with van der Waals surface area (Å²) >= 11 is 0. The largest absolute Gasteiger partial charge is 0.388 e. The van der Waals surface area contributed by atoms with Crippen molar-refractivity contribution in [1.29, 1.82) is 5.41 Å². The van der Waals surface area contributed by atoms with Crippen LogP contribution in [0.3, 0.4) is 0 Å². The molecule has 0 aliphatic heterocycles. The molecule has 17 heavy (non-hydrogen) atoms. The first-order valence-corrected chi connectivity index (χ1v) is 5.67. The Balaban J connectivity index is 2.91. The lowest BCUT2D eigenvalue weighted by atomic mass is 10.2. The van der Waals surface area contributed by atoms with E-state index in [4.69, 9.17) is 11.1 Å². The molecule has 3 N–H and O–H groups in total. The second kappa shape index (κ2) is 6.12.